The number of quaternary nitrogens is 1. The predicted octanol–water partition coefficient (Wildman–Crippen LogP) is 0.101. The Hall–Kier alpha value is -0.540. The Morgan fingerprint density at radius 2 is 2.00 bits per heavy atom. The molecule has 3 aliphatic heterocycles. The maximum absolute atomic E-state index is 11.4. The van der Waals surface area contributed by atoms with Crippen LogP contribution in [0, 0.1) is 5.21 Å². The van der Waals surface area contributed by atoms with Crippen molar-refractivity contribution in [3.63, 3.8) is 0 Å². The van der Waals surface area contributed by atoms with Crippen molar-refractivity contribution in [2.45, 2.75) is 0 Å². The summed E-state index contributed by atoms with van der Waals surface area (Å²) in [6.07, 6.45) is 3.66. The molecule has 0 aromatic heterocycles. The van der Waals surface area contributed by atoms with Crippen molar-refractivity contribution in [2.24, 2.45) is 0 Å². The number of hydroxylamine groups is 3. The van der Waals surface area contributed by atoms with Gasteiger partial charge in [0.2, 0.25) is 0 Å². The summed E-state index contributed by atoms with van der Waals surface area (Å²) >= 11 is 0. The molecule has 0 N–H and O–H groups in total. The Labute approximate surface area is 54.3 Å². The van der Waals surface area contributed by atoms with Gasteiger partial charge in [0.25, 0.3) is 0 Å². The molecule has 9 heavy (non-hydrogen) atoms. The van der Waals surface area contributed by atoms with Gasteiger partial charge in [-0.15, -0.1) is 0 Å². The fraction of sp³-hybridized carbons (Fsp3) is 0.667. The van der Waals surface area contributed by atoms with Gasteiger partial charge >= 0.3 is 0 Å². The summed E-state index contributed by atoms with van der Waals surface area (Å²) in [5, 5.41) is 11.4. The molecule has 3 heteroatoms. The molecule has 0 unspecified atom stereocenters. The van der Waals surface area contributed by atoms with Gasteiger partial charge in [-0.3, -0.25) is 0 Å². The summed E-state index contributed by atoms with van der Waals surface area (Å²) in [6, 6.07) is 0. The normalized spacial score (nSPS) is 29.2. The van der Waals surface area contributed by atoms with Gasteiger partial charge in [0, 0.05) is 0 Å². The van der Waals surface area contributed by atoms with E-state index in [-0.39, 0.29) is 4.65 Å². The number of fused-ring (bicyclic) bond motifs is 2. The second kappa shape index (κ2) is 1.49. The molecule has 0 aliphatic carbocycles. The minimum Gasteiger partial charge on any atom is -0.628 e. The van der Waals surface area contributed by atoms with E-state index < -0.39 is 0 Å². The van der Waals surface area contributed by atoms with Gasteiger partial charge in [-0.1, -0.05) is 0 Å². The molecule has 2 bridgehead atoms. The van der Waals surface area contributed by atoms with E-state index in [0.29, 0.717) is 0 Å². The molecule has 3 rings (SSSR count). The Kier molecular flexibility index (Phi) is 0.870. The monoisotopic (exact) mass is 126 g/mol. The first-order valence-corrected chi connectivity index (χ1v) is 3.30. The van der Waals surface area contributed by atoms with Gasteiger partial charge in [-0.2, -0.15) is 0 Å². The summed E-state index contributed by atoms with van der Waals surface area (Å²) in [5.41, 5.74) is 0. The van der Waals surface area contributed by atoms with Crippen molar-refractivity contribution < 1.29 is 4.65 Å². The quantitative estimate of drug-likeness (QED) is 0.340. The Bertz CT molecular complexity index is 147. The first-order valence-electron chi connectivity index (χ1n) is 3.30. The highest BCUT2D eigenvalue weighted by molar-refractivity contribution is 4.86. The van der Waals surface area contributed by atoms with E-state index in [2.05, 4.69) is 4.90 Å². The zero-order valence-corrected chi connectivity index (χ0v) is 5.29. The lowest BCUT2D eigenvalue weighted by Crippen LogP contribution is -2.55. The van der Waals surface area contributed by atoms with E-state index >= 15 is 0 Å². The zero-order valence-electron chi connectivity index (χ0n) is 5.29. The SMILES string of the molecule is [O-][N+]12C=CN(CC1)CC2. The van der Waals surface area contributed by atoms with Crippen molar-refractivity contribution in [1.82, 2.24) is 4.90 Å². The minimum atomic E-state index is -0.0868. The maximum Gasteiger partial charge on any atom is 0.112 e. The van der Waals surface area contributed by atoms with Crippen molar-refractivity contribution in [1.29, 1.82) is 0 Å². The van der Waals surface area contributed by atoms with Crippen LogP contribution in [-0.2, 0) is 0 Å². The van der Waals surface area contributed by atoms with Crippen LogP contribution in [0.4, 0.5) is 0 Å². The predicted molar refractivity (Wildman–Crippen MR) is 34.1 cm³/mol. The van der Waals surface area contributed by atoms with Gasteiger partial charge in [-0.05, 0) is 0 Å². The third kappa shape index (κ3) is 0.730. The molecule has 3 nitrogen and oxygen atoms in total. The van der Waals surface area contributed by atoms with Crippen LogP contribution in [0.5, 0.6) is 0 Å². The van der Waals surface area contributed by atoms with E-state index in [1.54, 1.807) is 6.20 Å². The molecule has 0 spiro atoms. The van der Waals surface area contributed by atoms with Crippen molar-refractivity contribution in [3.8, 4) is 0 Å². The summed E-state index contributed by atoms with van der Waals surface area (Å²) in [7, 11) is 0. The van der Waals surface area contributed by atoms with E-state index in [9.17, 15) is 5.21 Å². The highest BCUT2D eigenvalue weighted by Crippen LogP contribution is 2.17. The summed E-state index contributed by atoms with van der Waals surface area (Å²) < 4.78 is -0.0868. The average molecular weight is 126 g/mol. The minimum absolute atomic E-state index is 0.0868. The molecule has 1 fully saturated rings. The second-order valence-corrected chi connectivity index (χ2v) is 2.73. The zero-order chi connectivity index (χ0) is 6.32. The molecule has 0 aromatic carbocycles. The van der Waals surface area contributed by atoms with Crippen molar-refractivity contribution >= 4 is 0 Å². The Balaban J connectivity index is 2.28. The highest BCUT2D eigenvalue weighted by atomic mass is 16.5. The Morgan fingerprint density at radius 1 is 1.33 bits per heavy atom. The molecule has 1 saturated heterocycles. The van der Waals surface area contributed by atoms with Gasteiger partial charge in [0.05, 0.1) is 19.3 Å². The summed E-state index contributed by atoms with van der Waals surface area (Å²) in [6.45, 7) is 3.38. The van der Waals surface area contributed by atoms with Crippen LogP contribution in [0.25, 0.3) is 0 Å². The van der Waals surface area contributed by atoms with Crippen molar-refractivity contribution in [2.75, 3.05) is 26.2 Å². The van der Waals surface area contributed by atoms with E-state index in [1.807, 2.05) is 6.20 Å². The topological polar surface area (TPSA) is 26.3 Å². The number of rotatable bonds is 0. The molecule has 0 radical (unpaired) electrons. The lowest BCUT2D eigenvalue weighted by molar-refractivity contribution is -0.839. The molecule has 0 saturated carbocycles. The first-order chi connectivity index (χ1) is 4.29. The maximum atomic E-state index is 11.4. The average Bonchev–Trinajstić information content (AvgIpc) is 1.90. The molecule has 0 amide bonds. The van der Waals surface area contributed by atoms with Crippen LogP contribution in [-0.4, -0.2) is 35.7 Å². The third-order valence-electron chi connectivity index (χ3n) is 2.08. The van der Waals surface area contributed by atoms with Gasteiger partial charge < -0.3 is 14.8 Å². The van der Waals surface area contributed by atoms with E-state index in [1.165, 1.54) is 0 Å². The largest absolute Gasteiger partial charge is 0.628 e. The summed E-state index contributed by atoms with van der Waals surface area (Å²) in [4.78, 5) is 2.19. The third-order valence-corrected chi connectivity index (χ3v) is 2.08. The summed E-state index contributed by atoms with van der Waals surface area (Å²) in [5.74, 6) is 0. The number of hydrogen-bond acceptors (Lipinski definition) is 2. The number of hydrogen-bond donors (Lipinski definition) is 0. The van der Waals surface area contributed by atoms with Crippen LogP contribution >= 0.6 is 0 Å². The molecular weight excluding hydrogens is 116 g/mol. The standard InChI is InChI=1S/C6H10N2O/c9-8-4-1-7(2-5-8)3-6-8/h1,4H,2-3,5-6H2. The smallest absolute Gasteiger partial charge is 0.112 e. The molecule has 50 valence electrons. The molecule has 0 atom stereocenters. The lowest BCUT2D eigenvalue weighted by atomic mass is 10.3. The molecule has 3 aliphatic rings. The van der Waals surface area contributed by atoms with Crippen LogP contribution < -0.4 is 0 Å². The van der Waals surface area contributed by atoms with Crippen LogP contribution in [0.15, 0.2) is 12.4 Å². The number of nitrogens with zero attached hydrogens (tertiary/aromatic N) is 2. The van der Waals surface area contributed by atoms with Gasteiger partial charge in [0.15, 0.2) is 0 Å². The van der Waals surface area contributed by atoms with Crippen molar-refractivity contribution in [3.05, 3.63) is 17.6 Å². The van der Waals surface area contributed by atoms with Crippen LogP contribution in [0.3, 0.4) is 0 Å². The van der Waals surface area contributed by atoms with E-state index in [0.717, 1.165) is 26.2 Å². The van der Waals surface area contributed by atoms with Gasteiger partial charge in [-0.25, -0.2) is 0 Å². The fourth-order valence-electron chi connectivity index (χ4n) is 1.33. The fourth-order valence-corrected chi connectivity index (χ4v) is 1.33. The lowest BCUT2D eigenvalue weighted by Gasteiger charge is -2.48. The van der Waals surface area contributed by atoms with Crippen LogP contribution in [0.1, 0.15) is 0 Å². The van der Waals surface area contributed by atoms with Gasteiger partial charge in [0.1, 0.15) is 19.3 Å². The molecule has 3 heterocycles. The molecule has 0 aromatic rings. The Morgan fingerprint density at radius 3 is 2.22 bits per heavy atom. The highest BCUT2D eigenvalue weighted by Gasteiger charge is 2.26. The second-order valence-electron chi connectivity index (χ2n) is 2.73. The molecular formula is C6H10N2O. The first kappa shape index (κ1) is 5.26. The van der Waals surface area contributed by atoms with E-state index in [4.69, 9.17) is 0 Å². The van der Waals surface area contributed by atoms with Crippen LogP contribution in [0.2, 0.25) is 0 Å². The number of piperazine rings is 1.